The zero-order valence-electron chi connectivity index (χ0n) is 14.2. The SMILES string of the molecule is Cc1ncccc1OCc1cnn([C@H]2CCN(C(=O)O)C[C@H]2F)c1C#N. The van der Waals surface area contributed by atoms with Gasteiger partial charge >= 0.3 is 6.09 Å². The van der Waals surface area contributed by atoms with E-state index >= 15 is 0 Å². The number of nitriles is 1. The molecule has 0 radical (unpaired) electrons. The van der Waals surface area contributed by atoms with Gasteiger partial charge < -0.3 is 14.7 Å². The van der Waals surface area contributed by atoms with E-state index in [1.165, 1.54) is 10.9 Å². The lowest BCUT2D eigenvalue weighted by molar-refractivity contribution is 0.0751. The van der Waals surface area contributed by atoms with Crippen LogP contribution in [0, 0.1) is 18.3 Å². The second kappa shape index (κ2) is 7.39. The van der Waals surface area contributed by atoms with Crippen molar-refractivity contribution in [1.82, 2.24) is 19.7 Å². The van der Waals surface area contributed by atoms with Crippen molar-refractivity contribution in [3.05, 3.63) is 41.5 Å². The minimum Gasteiger partial charge on any atom is -0.487 e. The number of pyridine rings is 1. The molecule has 3 rings (SSSR count). The van der Waals surface area contributed by atoms with Crippen LogP contribution in [0.15, 0.2) is 24.5 Å². The maximum absolute atomic E-state index is 14.5. The van der Waals surface area contributed by atoms with Gasteiger partial charge in [-0.2, -0.15) is 10.4 Å². The Balaban J connectivity index is 1.75. The largest absolute Gasteiger partial charge is 0.487 e. The first kappa shape index (κ1) is 17.7. The van der Waals surface area contributed by atoms with Gasteiger partial charge in [0.1, 0.15) is 30.3 Å². The number of rotatable bonds is 4. The summed E-state index contributed by atoms with van der Waals surface area (Å²) in [7, 11) is 0. The zero-order valence-corrected chi connectivity index (χ0v) is 14.2. The van der Waals surface area contributed by atoms with E-state index in [2.05, 4.69) is 16.2 Å². The van der Waals surface area contributed by atoms with E-state index in [0.717, 1.165) is 10.6 Å². The molecule has 9 heteroatoms. The number of piperidine rings is 1. The number of amides is 1. The van der Waals surface area contributed by atoms with Crippen LogP contribution in [-0.2, 0) is 6.61 Å². The summed E-state index contributed by atoms with van der Waals surface area (Å²) in [5.41, 5.74) is 1.50. The number of alkyl halides is 1. The molecule has 0 bridgehead atoms. The van der Waals surface area contributed by atoms with E-state index in [4.69, 9.17) is 9.84 Å². The number of hydrogen-bond donors (Lipinski definition) is 1. The first-order chi connectivity index (χ1) is 12.5. The molecule has 0 aliphatic carbocycles. The maximum atomic E-state index is 14.5. The Kier molecular flexibility index (Phi) is 5.02. The van der Waals surface area contributed by atoms with Crippen LogP contribution in [0.25, 0.3) is 0 Å². The Morgan fingerprint density at radius 2 is 2.38 bits per heavy atom. The van der Waals surface area contributed by atoms with Crippen LogP contribution in [0.2, 0.25) is 0 Å². The van der Waals surface area contributed by atoms with Gasteiger partial charge in [0.25, 0.3) is 0 Å². The second-order valence-corrected chi connectivity index (χ2v) is 6.05. The molecule has 1 N–H and O–H groups in total. The first-order valence-electron chi connectivity index (χ1n) is 8.14. The summed E-state index contributed by atoms with van der Waals surface area (Å²) >= 11 is 0. The van der Waals surface area contributed by atoms with Crippen LogP contribution >= 0.6 is 0 Å². The van der Waals surface area contributed by atoms with E-state index < -0.39 is 18.3 Å². The van der Waals surface area contributed by atoms with E-state index in [9.17, 15) is 14.4 Å². The van der Waals surface area contributed by atoms with Crippen molar-refractivity contribution in [2.75, 3.05) is 13.1 Å². The van der Waals surface area contributed by atoms with Gasteiger partial charge in [-0.15, -0.1) is 0 Å². The van der Waals surface area contributed by atoms with Gasteiger partial charge in [-0.3, -0.25) is 4.98 Å². The average molecular weight is 359 g/mol. The number of carboxylic acid groups (broad SMARTS) is 1. The van der Waals surface area contributed by atoms with Gasteiger partial charge in [0.05, 0.1) is 24.5 Å². The van der Waals surface area contributed by atoms with E-state index in [1.54, 1.807) is 18.3 Å². The first-order valence-corrected chi connectivity index (χ1v) is 8.14. The third-order valence-electron chi connectivity index (χ3n) is 4.41. The molecule has 1 aliphatic heterocycles. The highest BCUT2D eigenvalue weighted by Gasteiger charge is 2.34. The van der Waals surface area contributed by atoms with Crippen molar-refractivity contribution < 1.29 is 19.0 Å². The fraction of sp³-hybridized carbons (Fsp3) is 0.412. The molecule has 2 aromatic heterocycles. The molecular formula is C17H18FN5O3. The van der Waals surface area contributed by atoms with Gasteiger partial charge in [-0.05, 0) is 25.5 Å². The van der Waals surface area contributed by atoms with Gasteiger partial charge in [-0.25, -0.2) is 13.9 Å². The molecular weight excluding hydrogens is 341 g/mol. The Bertz CT molecular complexity index is 847. The predicted octanol–water partition coefficient (Wildman–Crippen LogP) is 2.30. The quantitative estimate of drug-likeness (QED) is 0.898. The molecule has 3 heterocycles. The Hall–Kier alpha value is -3.15. The van der Waals surface area contributed by atoms with Crippen LogP contribution in [0.4, 0.5) is 9.18 Å². The number of likely N-dealkylation sites (tertiary alicyclic amines) is 1. The smallest absolute Gasteiger partial charge is 0.407 e. The van der Waals surface area contributed by atoms with Crippen molar-refractivity contribution in [3.63, 3.8) is 0 Å². The van der Waals surface area contributed by atoms with Gasteiger partial charge in [0.2, 0.25) is 0 Å². The Labute approximate surface area is 149 Å². The normalized spacial score (nSPS) is 19.8. The van der Waals surface area contributed by atoms with Crippen LogP contribution in [0.5, 0.6) is 5.75 Å². The van der Waals surface area contributed by atoms with E-state index in [-0.39, 0.29) is 31.8 Å². The van der Waals surface area contributed by atoms with Crippen LogP contribution < -0.4 is 4.74 Å². The molecule has 0 spiro atoms. The summed E-state index contributed by atoms with van der Waals surface area (Å²) < 4.78 is 21.5. The van der Waals surface area contributed by atoms with Gasteiger partial charge in [0, 0.05) is 18.3 Å². The molecule has 1 amide bonds. The third-order valence-corrected chi connectivity index (χ3v) is 4.41. The summed E-state index contributed by atoms with van der Waals surface area (Å²) in [6, 6.07) is 4.91. The number of ether oxygens (including phenoxy) is 1. The van der Waals surface area contributed by atoms with E-state index in [1.807, 2.05) is 6.92 Å². The summed E-state index contributed by atoms with van der Waals surface area (Å²) in [4.78, 5) is 16.1. The minimum absolute atomic E-state index is 0.111. The number of aryl methyl sites for hydroxylation is 1. The fourth-order valence-corrected chi connectivity index (χ4v) is 3.00. The number of hydrogen-bond acceptors (Lipinski definition) is 5. The monoisotopic (exact) mass is 359 g/mol. The van der Waals surface area contributed by atoms with Gasteiger partial charge in [0.15, 0.2) is 0 Å². The lowest BCUT2D eigenvalue weighted by Gasteiger charge is -2.33. The highest BCUT2D eigenvalue weighted by Crippen LogP contribution is 2.28. The highest BCUT2D eigenvalue weighted by atomic mass is 19.1. The maximum Gasteiger partial charge on any atom is 0.407 e. The molecule has 0 unspecified atom stereocenters. The van der Waals surface area contributed by atoms with Crippen molar-refractivity contribution in [1.29, 1.82) is 5.26 Å². The standard InChI is InChI=1S/C17H18FN5O3/c1-11-16(3-2-5-20-11)26-10-12-8-21-23(15(12)7-19)14-4-6-22(17(24)25)9-13(14)18/h2-3,5,8,13-14H,4,6,9-10H2,1H3,(H,24,25)/t13-,14+/m1/s1. The molecule has 1 aliphatic rings. The van der Waals surface area contributed by atoms with Crippen molar-refractivity contribution in [2.45, 2.75) is 32.2 Å². The van der Waals surface area contributed by atoms with Crippen LogP contribution in [0.1, 0.15) is 29.4 Å². The van der Waals surface area contributed by atoms with Crippen molar-refractivity contribution in [2.24, 2.45) is 0 Å². The van der Waals surface area contributed by atoms with Gasteiger partial charge in [-0.1, -0.05) is 0 Å². The zero-order chi connectivity index (χ0) is 18.7. The molecule has 0 saturated carbocycles. The fourth-order valence-electron chi connectivity index (χ4n) is 3.00. The van der Waals surface area contributed by atoms with Crippen molar-refractivity contribution in [3.8, 4) is 11.8 Å². The average Bonchev–Trinajstić information content (AvgIpc) is 3.03. The molecule has 1 saturated heterocycles. The summed E-state index contributed by atoms with van der Waals surface area (Å²) in [5.74, 6) is 0.599. The number of nitrogens with zero attached hydrogens (tertiary/aromatic N) is 5. The Morgan fingerprint density at radius 3 is 3.04 bits per heavy atom. The highest BCUT2D eigenvalue weighted by molar-refractivity contribution is 5.65. The van der Waals surface area contributed by atoms with E-state index in [0.29, 0.717) is 11.3 Å². The topological polar surface area (TPSA) is 104 Å². The molecule has 0 aromatic carbocycles. The predicted molar refractivity (Wildman–Crippen MR) is 88.4 cm³/mol. The lowest BCUT2D eigenvalue weighted by Crippen LogP contribution is -2.45. The molecule has 26 heavy (non-hydrogen) atoms. The number of halogens is 1. The summed E-state index contributed by atoms with van der Waals surface area (Å²) in [6.45, 7) is 1.89. The third kappa shape index (κ3) is 3.44. The lowest BCUT2D eigenvalue weighted by atomic mass is 10.0. The molecule has 2 atom stereocenters. The number of aromatic nitrogens is 3. The minimum atomic E-state index is -1.43. The molecule has 136 valence electrons. The summed E-state index contributed by atoms with van der Waals surface area (Å²) in [5, 5.41) is 22.6. The molecule has 2 aromatic rings. The van der Waals surface area contributed by atoms with Crippen molar-refractivity contribution >= 4 is 6.09 Å². The molecule has 1 fully saturated rings. The number of carbonyl (C=O) groups is 1. The second-order valence-electron chi connectivity index (χ2n) is 6.05. The Morgan fingerprint density at radius 1 is 1.58 bits per heavy atom. The van der Waals surface area contributed by atoms with Crippen LogP contribution in [-0.4, -0.2) is 50.1 Å². The summed E-state index contributed by atoms with van der Waals surface area (Å²) in [6.07, 6.45) is 0.826. The van der Waals surface area contributed by atoms with Crippen LogP contribution in [0.3, 0.4) is 0 Å². The molecule has 8 nitrogen and oxygen atoms in total.